The fourth-order valence-corrected chi connectivity index (χ4v) is 4.04. The third-order valence-corrected chi connectivity index (χ3v) is 5.03. The predicted octanol–water partition coefficient (Wildman–Crippen LogP) is 5.11. The average Bonchev–Trinajstić information content (AvgIpc) is 2.33. The lowest BCUT2D eigenvalue weighted by Gasteiger charge is -2.33. The summed E-state index contributed by atoms with van der Waals surface area (Å²) in [4.78, 5) is 10.7. The second-order valence-electron chi connectivity index (χ2n) is 5.13. The van der Waals surface area contributed by atoms with Crippen LogP contribution in [0.25, 0.3) is 0 Å². The molecule has 18 heavy (non-hydrogen) atoms. The quantitative estimate of drug-likeness (QED) is 0.537. The van der Waals surface area contributed by atoms with E-state index in [-0.39, 0.29) is 0 Å². The van der Waals surface area contributed by atoms with Crippen molar-refractivity contribution in [2.24, 2.45) is 0 Å². The monoisotopic (exact) mass is 274 g/mol. The van der Waals surface area contributed by atoms with Crippen LogP contribution < -0.4 is 0 Å². The highest BCUT2D eigenvalue weighted by molar-refractivity contribution is 8.00. The summed E-state index contributed by atoms with van der Waals surface area (Å²) in [5.74, 6) is 0.0989. The minimum Gasteiger partial charge on any atom is -0.481 e. The maximum Gasteiger partial charge on any atom is 0.304 e. The van der Waals surface area contributed by atoms with Crippen molar-refractivity contribution in [1.82, 2.24) is 0 Å². The Morgan fingerprint density at radius 1 is 1.00 bits per heavy atom. The molecule has 0 heterocycles. The third kappa shape index (κ3) is 8.02. The zero-order chi connectivity index (χ0) is 13.9. The van der Waals surface area contributed by atoms with Crippen molar-refractivity contribution in [3.63, 3.8) is 0 Å². The summed E-state index contributed by atoms with van der Waals surface area (Å²) in [5, 5.41) is 8.78. The third-order valence-electron chi connectivity index (χ3n) is 3.40. The summed E-state index contributed by atoms with van der Waals surface area (Å²) in [7, 11) is 0. The van der Waals surface area contributed by atoms with Crippen LogP contribution in [0.1, 0.15) is 78.6 Å². The molecule has 0 aliphatic rings. The Hall–Kier alpha value is -0.180. The van der Waals surface area contributed by atoms with Gasteiger partial charge in [-0.05, 0) is 19.3 Å². The normalized spacial score (nSPS) is 11.7. The highest BCUT2D eigenvalue weighted by Crippen LogP contribution is 2.40. The summed E-state index contributed by atoms with van der Waals surface area (Å²) >= 11 is 1.92. The van der Waals surface area contributed by atoms with Gasteiger partial charge in [-0.25, -0.2) is 0 Å². The summed E-state index contributed by atoms with van der Waals surface area (Å²) in [6.07, 6.45) is 10.2. The molecular weight excluding hydrogens is 244 g/mol. The largest absolute Gasteiger partial charge is 0.481 e. The van der Waals surface area contributed by atoms with Crippen LogP contribution >= 0.6 is 11.8 Å². The van der Waals surface area contributed by atoms with Gasteiger partial charge in [-0.1, -0.05) is 52.9 Å². The van der Waals surface area contributed by atoms with Gasteiger partial charge in [0, 0.05) is 10.5 Å². The van der Waals surface area contributed by atoms with E-state index in [9.17, 15) is 4.79 Å². The fraction of sp³-hybridized carbons (Fsp3) is 0.933. The average molecular weight is 274 g/mol. The maximum absolute atomic E-state index is 10.7. The first-order chi connectivity index (χ1) is 8.60. The highest BCUT2D eigenvalue weighted by Gasteiger charge is 2.28. The molecule has 1 N–H and O–H groups in total. The molecule has 2 nitrogen and oxygen atoms in total. The Morgan fingerprint density at radius 2 is 1.56 bits per heavy atom. The first kappa shape index (κ1) is 17.8. The van der Waals surface area contributed by atoms with Crippen LogP contribution in [-0.4, -0.2) is 21.6 Å². The summed E-state index contributed by atoms with van der Waals surface area (Å²) in [6.45, 7) is 6.71. The maximum atomic E-state index is 10.7. The van der Waals surface area contributed by atoms with E-state index in [1.165, 1.54) is 51.4 Å². The first-order valence-electron chi connectivity index (χ1n) is 7.46. The summed E-state index contributed by atoms with van der Waals surface area (Å²) < 4.78 is 0.343. The van der Waals surface area contributed by atoms with E-state index >= 15 is 0 Å². The number of thioether (sulfide) groups is 1. The molecule has 0 saturated carbocycles. The predicted molar refractivity (Wildman–Crippen MR) is 81.4 cm³/mol. The van der Waals surface area contributed by atoms with Gasteiger partial charge in [-0.15, -0.1) is 0 Å². The van der Waals surface area contributed by atoms with Crippen molar-refractivity contribution in [3.8, 4) is 0 Å². The molecular formula is C15H30O2S. The number of carbonyl (C=O) groups is 1. The number of carboxylic acid groups (broad SMARTS) is 1. The van der Waals surface area contributed by atoms with Crippen LogP contribution in [0.15, 0.2) is 0 Å². The lowest BCUT2D eigenvalue weighted by Crippen LogP contribution is -2.25. The van der Waals surface area contributed by atoms with Gasteiger partial charge in [0.2, 0.25) is 0 Å². The van der Waals surface area contributed by atoms with Crippen LogP contribution in [-0.2, 0) is 4.79 Å². The van der Waals surface area contributed by atoms with Crippen LogP contribution in [0.3, 0.4) is 0 Å². The van der Waals surface area contributed by atoms with Crippen LogP contribution in [0.4, 0.5) is 0 Å². The number of unbranched alkanes of at least 4 members (excludes halogenated alkanes) is 2. The highest BCUT2D eigenvalue weighted by atomic mass is 32.2. The van der Waals surface area contributed by atoms with E-state index in [0.717, 1.165) is 5.75 Å². The van der Waals surface area contributed by atoms with Gasteiger partial charge in [0.15, 0.2) is 0 Å². The molecule has 108 valence electrons. The second kappa shape index (κ2) is 10.7. The molecule has 0 fully saturated rings. The Kier molecular flexibility index (Phi) is 10.6. The van der Waals surface area contributed by atoms with E-state index in [0.29, 0.717) is 11.2 Å². The van der Waals surface area contributed by atoms with Crippen molar-refractivity contribution in [2.75, 3.05) is 5.75 Å². The van der Waals surface area contributed by atoms with E-state index in [4.69, 9.17) is 5.11 Å². The van der Waals surface area contributed by atoms with Gasteiger partial charge < -0.3 is 5.11 Å². The van der Waals surface area contributed by atoms with E-state index in [1.54, 1.807) is 0 Å². The van der Waals surface area contributed by atoms with Gasteiger partial charge in [-0.2, -0.15) is 11.8 Å². The van der Waals surface area contributed by atoms with E-state index in [2.05, 4.69) is 20.8 Å². The zero-order valence-electron chi connectivity index (χ0n) is 12.3. The van der Waals surface area contributed by atoms with Gasteiger partial charge >= 0.3 is 5.97 Å². The molecule has 0 rings (SSSR count). The van der Waals surface area contributed by atoms with Crippen LogP contribution in [0.5, 0.6) is 0 Å². The molecule has 0 radical (unpaired) electrons. The number of aliphatic carboxylic acids is 1. The van der Waals surface area contributed by atoms with Gasteiger partial charge in [0.25, 0.3) is 0 Å². The molecule has 0 bridgehead atoms. The molecule has 0 aromatic heterocycles. The molecule has 3 heteroatoms. The van der Waals surface area contributed by atoms with Crippen molar-refractivity contribution < 1.29 is 9.90 Å². The summed E-state index contributed by atoms with van der Waals surface area (Å²) in [6, 6.07) is 0. The Morgan fingerprint density at radius 3 is 1.94 bits per heavy atom. The molecule has 0 amide bonds. The molecule has 0 aromatic carbocycles. The topological polar surface area (TPSA) is 37.3 Å². The number of carboxylic acids is 1. The number of hydrogen-bond donors (Lipinski definition) is 1. The van der Waals surface area contributed by atoms with Gasteiger partial charge in [-0.3, -0.25) is 4.79 Å². The van der Waals surface area contributed by atoms with Crippen LogP contribution in [0, 0.1) is 0 Å². The Bertz CT molecular complexity index is 209. The second-order valence-corrected chi connectivity index (χ2v) is 6.70. The van der Waals surface area contributed by atoms with Gasteiger partial charge in [0.05, 0.1) is 6.42 Å². The smallest absolute Gasteiger partial charge is 0.304 e. The SMILES string of the molecule is CCCCC(CCC)(CCCC)SCCC(=O)O. The zero-order valence-corrected chi connectivity index (χ0v) is 13.2. The minimum atomic E-state index is -0.668. The van der Waals surface area contributed by atoms with Gasteiger partial charge in [0.1, 0.15) is 0 Å². The first-order valence-corrected chi connectivity index (χ1v) is 8.44. The van der Waals surface area contributed by atoms with Crippen molar-refractivity contribution in [3.05, 3.63) is 0 Å². The molecule has 0 spiro atoms. The lowest BCUT2D eigenvalue weighted by molar-refractivity contribution is -0.136. The minimum absolute atomic E-state index is 0.300. The van der Waals surface area contributed by atoms with Crippen molar-refractivity contribution >= 4 is 17.7 Å². The lowest BCUT2D eigenvalue weighted by atomic mass is 9.91. The molecule has 0 aliphatic heterocycles. The molecule has 0 aromatic rings. The molecule has 0 atom stereocenters. The Labute approximate surface area is 117 Å². The molecule has 0 saturated heterocycles. The number of rotatable bonds is 12. The standard InChI is InChI=1S/C15H30O2S/c1-4-7-11-15(10-6-3,12-8-5-2)18-13-9-14(16)17/h4-13H2,1-3H3,(H,16,17). The Balaban J connectivity index is 4.42. The fourth-order valence-electron chi connectivity index (χ4n) is 2.40. The molecule has 0 unspecified atom stereocenters. The van der Waals surface area contributed by atoms with E-state index < -0.39 is 5.97 Å². The van der Waals surface area contributed by atoms with Crippen molar-refractivity contribution in [2.45, 2.75) is 83.3 Å². The molecule has 0 aliphatic carbocycles. The van der Waals surface area contributed by atoms with Crippen LogP contribution in [0.2, 0.25) is 0 Å². The van der Waals surface area contributed by atoms with E-state index in [1.807, 2.05) is 11.8 Å². The summed E-state index contributed by atoms with van der Waals surface area (Å²) in [5.41, 5.74) is 0. The number of hydrogen-bond acceptors (Lipinski definition) is 2. The van der Waals surface area contributed by atoms with Crippen molar-refractivity contribution in [1.29, 1.82) is 0 Å².